The molecule has 0 amide bonds. The minimum atomic E-state index is -3.74. The Morgan fingerprint density at radius 3 is 2.76 bits per heavy atom. The summed E-state index contributed by atoms with van der Waals surface area (Å²) in [4.78, 5) is 11.3. The standard InChI is InChI=1S/C9H15N3O4S/c1-4-16-9(13)7(2)11-17(14,15)8-5-10-12(3)6-8/h5-7,11H,4H2,1-3H3. The Balaban J connectivity index is 2.77. The number of nitrogens with one attached hydrogen (secondary N) is 1. The average molecular weight is 261 g/mol. The largest absolute Gasteiger partial charge is 0.465 e. The lowest BCUT2D eigenvalue weighted by Crippen LogP contribution is -2.39. The molecule has 1 aromatic heterocycles. The van der Waals surface area contributed by atoms with Gasteiger partial charge in [-0.15, -0.1) is 0 Å². The highest BCUT2D eigenvalue weighted by atomic mass is 32.2. The van der Waals surface area contributed by atoms with Crippen molar-refractivity contribution in [1.29, 1.82) is 0 Å². The fourth-order valence-corrected chi connectivity index (χ4v) is 2.33. The van der Waals surface area contributed by atoms with Crippen LogP contribution in [-0.2, 0) is 26.6 Å². The third-order valence-corrected chi connectivity index (χ3v) is 3.46. The molecule has 0 aliphatic heterocycles. The SMILES string of the molecule is CCOC(=O)C(C)NS(=O)(=O)c1cnn(C)c1. The molecule has 0 aliphatic rings. The maximum absolute atomic E-state index is 11.8. The lowest BCUT2D eigenvalue weighted by atomic mass is 10.4. The van der Waals surface area contributed by atoms with Gasteiger partial charge in [0.05, 0.1) is 12.8 Å². The molecule has 96 valence electrons. The summed E-state index contributed by atoms with van der Waals surface area (Å²) in [5, 5.41) is 3.75. The first-order valence-electron chi connectivity index (χ1n) is 5.04. The van der Waals surface area contributed by atoms with Crippen LogP contribution in [0.3, 0.4) is 0 Å². The summed E-state index contributed by atoms with van der Waals surface area (Å²) in [5.41, 5.74) is 0. The van der Waals surface area contributed by atoms with E-state index >= 15 is 0 Å². The zero-order chi connectivity index (χ0) is 13.1. The van der Waals surface area contributed by atoms with Crippen LogP contribution in [0.5, 0.6) is 0 Å². The molecule has 0 aromatic carbocycles. The highest BCUT2D eigenvalue weighted by molar-refractivity contribution is 7.89. The van der Waals surface area contributed by atoms with Crippen molar-refractivity contribution < 1.29 is 17.9 Å². The topological polar surface area (TPSA) is 90.3 Å². The molecule has 0 fully saturated rings. The first-order valence-corrected chi connectivity index (χ1v) is 6.52. The summed E-state index contributed by atoms with van der Waals surface area (Å²) < 4.78 is 31.9. The predicted molar refractivity (Wildman–Crippen MR) is 59.6 cm³/mol. The van der Waals surface area contributed by atoms with E-state index in [1.165, 1.54) is 24.0 Å². The molecule has 1 atom stereocenters. The second-order valence-corrected chi connectivity index (χ2v) is 5.16. The molecular weight excluding hydrogens is 246 g/mol. The molecular formula is C9H15N3O4S. The summed E-state index contributed by atoms with van der Waals surface area (Å²) in [6.45, 7) is 3.28. The fraction of sp³-hybridized carbons (Fsp3) is 0.556. The molecule has 0 radical (unpaired) electrons. The van der Waals surface area contributed by atoms with Gasteiger partial charge in [-0.3, -0.25) is 9.48 Å². The van der Waals surface area contributed by atoms with E-state index in [2.05, 4.69) is 9.82 Å². The van der Waals surface area contributed by atoms with E-state index in [-0.39, 0.29) is 11.5 Å². The van der Waals surface area contributed by atoms with Crippen molar-refractivity contribution in [2.75, 3.05) is 6.61 Å². The Labute approximate surface area is 99.8 Å². The molecule has 0 saturated carbocycles. The highest BCUT2D eigenvalue weighted by Crippen LogP contribution is 2.07. The van der Waals surface area contributed by atoms with Crippen molar-refractivity contribution in [3.8, 4) is 0 Å². The number of aryl methyl sites for hydroxylation is 1. The van der Waals surface area contributed by atoms with Crippen LogP contribution in [0.4, 0.5) is 0 Å². The molecule has 0 bridgehead atoms. The smallest absolute Gasteiger partial charge is 0.323 e. The minimum absolute atomic E-state index is 0.0103. The van der Waals surface area contributed by atoms with Crippen LogP contribution in [0.25, 0.3) is 0 Å². The van der Waals surface area contributed by atoms with E-state index in [0.717, 1.165) is 0 Å². The van der Waals surface area contributed by atoms with Crippen LogP contribution in [0.1, 0.15) is 13.8 Å². The van der Waals surface area contributed by atoms with Crippen molar-refractivity contribution in [3.63, 3.8) is 0 Å². The van der Waals surface area contributed by atoms with E-state index in [1.807, 2.05) is 0 Å². The first kappa shape index (κ1) is 13.7. The molecule has 1 heterocycles. The van der Waals surface area contributed by atoms with Crippen molar-refractivity contribution in [1.82, 2.24) is 14.5 Å². The van der Waals surface area contributed by atoms with Gasteiger partial charge in [-0.2, -0.15) is 9.82 Å². The second-order valence-electron chi connectivity index (χ2n) is 3.44. The maximum atomic E-state index is 11.8. The predicted octanol–water partition coefficient (Wildman–Crippen LogP) is -0.350. The summed E-state index contributed by atoms with van der Waals surface area (Å²) in [7, 11) is -2.13. The normalized spacial score (nSPS) is 13.4. The van der Waals surface area contributed by atoms with E-state index in [0.29, 0.717) is 0 Å². The number of aromatic nitrogens is 2. The first-order chi connectivity index (χ1) is 7.86. The van der Waals surface area contributed by atoms with E-state index < -0.39 is 22.0 Å². The van der Waals surface area contributed by atoms with Crippen LogP contribution in [0, 0.1) is 0 Å². The number of sulfonamides is 1. The molecule has 17 heavy (non-hydrogen) atoms. The Hall–Kier alpha value is -1.41. The van der Waals surface area contributed by atoms with Crippen LogP contribution in [-0.4, -0.2) is 36.8 Å². The van der Waals surface area contributed by atoms with Gasteiger partial charge in [0.15, 0.2) is 0 Å². The summed E-state index contributed by atoms with van der Waals surface area (Å²) in [6.07, 6.45) is 2.56. The Bertz CT molecular complexity index is 494. The molecule has 1 N–H and O–H groups in total. The van der Waals surface area contributed by atoms with Gasteiger partial charge in [-0.05, 0) is 13.8 Å². The number of nitrogens with zero attached hydrogens (tertiary/aromatic N) is 2. The van der Waals surface area contributed by atoms with Gasteiger partial charge in [0.1, 0.15) is 10.9 Å². The number of carbonyl (C=O) groups excluding carboxylic acids is 1. The van der Waals surface area contributed by atoms with Crippen molar-refractivity contribution in [3.05, 3.63) is 12.4 Å². The zero-order valence-corrected chi connectivity index (χ0v) is 10.7. The Morgan fingerprint density at radius 1 is 1.65 bits per heavy atom. The Morgan fingerprint density at radius 2 is 2.29 bits per heavy atom. The quantitative estimate of drug-likeness (QED) is 0.732. The number of rotatable bonds is 5. The van der Waals surface area contributed by atoms with Gasteiger partial charge < -0.3 is 4.74 Å². The zero-order valence-electron chi connectivity index (χ0n) is 9.87. The molecule has 1 aromatic rings. The molecule has 0 spiro atoms. The number of ether oxygens (including phenoxy) is 1. The van der Waals surface area contributed by atoms with Gasteiger partial charge in [0.2, 0.25) is 10.0 Å². The van der Waals surface area contributed by atoms with Crippen LogP contribution >= 0.6 is 0 Å². The minimum Gasteiger partial charge on any atom is -0.465 e. The molecule has 0 saturated heterocycles. The van der Waals surface area contributed by atoms with Gasteiger partial charge >= 0.3 is 5.97 Å². The third kappa shape index (κ3) is 3.53. The van der Waals surface area contributed by atoms with Gasteiger partial charge in [-0.1, -0.05) is 0 Å². The summed E-state index contributed by atoms with van der Waals surface area (Å²) in [6, 6.07) is -0.930. The fourth-order valence-electron chi connectivity index (χ4n) is 1.15. The molecule has 8 heteroatoms. The van der Waals surface area contributed by atoms with E-state index in [9.17, 15) is 13.2 Å². The van der Waals surface area contributed by atoms with Crippen molar-refractivity contribution in [2.45, 2.75) is 24.8 Å². The molecule has 1 unspecified atom stereocenters. The second kappa shape index (κ2) is 5.28. The lowest BCUT2D eigenvalue weighted by Gasteiger charge is -2.11. The van der Waals surface area contributed by atoms with Gasteiger partial charge in [0, 0.05) is 13.2 Å². The summed E-state index contributed by atoms with van der Waals surface area (Å²) >= 11 is 0. The van der Waals surface area contributed by atoms with Gasteiger partial charge in [0.25, 0.3) is 0 Å². The lowest BCUT2D eigenvalue weighted by molar-refractivity contribution is -0.144. The highest BCUT2D eigenvalue weighted by Gasteiger charge is 2.23. The average Bonchev–Trinajstić information content (AvgIpc) is 2.65. The number of esters is 1. The number of carbonyl (C=O) groups is 1. The van der Waals surface area contributed by atoms with Gasteiger partial charge in [-0.25, -0.2) is 8.42 Å². The van der Waals surface area contributed by atoms with Crippen molar-refractivity contribution in [2.24, 2.45) is 7.05 Å². The molecule has 0 aliphatic carbocycles. The van der Waals surface area contributed by atoms with Crippen LogP contribution in [0.15, 0.2) is 17.3 Å². The number of hydrogen-bond acceptors (Lipinski definition) is 5. The van der Waals surface area contributed by atoms with E-state index in [4.69, 9.17) is 4.74 Å². The van der Waals surface area contributed by atoms with Crippen LogP contribution < -0.4 is 4.72 Å². The molecule has 7 nitrogen and oxygen atoms in total. The monoisotopic (exact) mass is 261 g/mol. The van der Waals surface area contributed by atoms with Crippen molar-refractivity contribution >= 4 is 16.0 Å². The van der Waals surface area contributed by atoms with E-state index in [1.54, 1.807) is 14.0 Å². The van der Waals surface area contributed by atoms with Crippen LogP contribution in [0.2, 0.25) is 0 Å². The Kier molecular flexibility index (Phi) is 4.24. The molecule has 1 rings (SSSR count). The maximum Gasteiger partial charge on any atom is 0.323 e. The number of hydrogen-bond donors (Lipinski definition) is 1. The third-order valence-electron chi connectivity index (χ3n) is 1.96. The summed E-state index contributed by atoms with van der Waals surface area (Å²) in [5.74, 6) is -0.611.